The molecule has 2 aromatic heterocycles. The molecule has 1 aliphatic rings. The molecule has 1 N–H and O–H groups in total. The molecule has 28 heavy (non-hydrogen) atoms. The highest BCUT2D eigenvalue weighted by Crippen LogP contribution is 2.33. The number of carbonyl (C=O) groups excluding carboxylic acids is 1. The van der Waals surface area contributed by atoms with Crippen LogP contribution >= 0.6 is 0 Å². The Morgan fingerprint density at radius 1 is 1.07 bits per heavy atom. The van der Waals surface area contributed by atoms with Gasteiger partial charge in [0.25, 0.3) is 5.91 Å². The number of benzene rings is 1. The summed E-state index contributed by atoms with van der Waals surface area (Å²) >= 11 is 0. The molecule has 1 aliphatic carbocycles. The lowest BCUT2D eigenvalue weighted by atomic mass is 10.1. The topological polar surface area (TPSA) is 59.8 Å². The Kier molecular flexibility index (Phi) is 5.14. The van der Waals surface area contributed by atoms with E-state index in [1.165, 1.54) is 18.9 Å². The smallest absolute Gasteiger partial charge is 0.251 e. The number of pyridine rings is 1. The number of nitrogens with one attached hydrogen (secondary N) is 1. The van der Waals surface area contributed by atoms with Gasteiger partial charge in [-0.05, 0) is 49.2 Å². The van der Waals surface area contributed by atoms with Crippen LogP contribution in [0, 0.1) is 11.6 Å². The summed E-state index contributed by atoms with van der Waals surface area (Å²) in [6.07, 6.45) is 8.02. The normalized spacial score (nSPS) is 14.4. The molecule has 5 nitrogen and oxygen atoms in total. The first-order valence-corrected chi connectivity index (χ1v) is 9.34. The van der Waals surface area contributed by atoms with E-state index < -0.39 is 17.5 Å². The quantitative estimate of drug-likeness (QED) is 0.717. The maximum atomic E-state index is 13.3. The maximum Gasteiger partial charge on any atom is 0.251 e. The highest BCUT2D eigenvalue weighted by atomic mass is 19.2. The lowest BCUT2D eigenvalue weighted by molar-refractivity contribution is 0.0949. The SMILES string of the molecule is O=C(NCc1cc(-c2ccncc2)n(C2CCCC2)n1)c1ccc(F)c(F)c1. The number of aromatic nitrogens is 3. The second-order valence-corrected chi connectivity index (χ2v) is 6.95. The Morgan fingerprint density at radius 2 is 1.82 bits per heavy atom. The summed E-state index contributed by atoms with van der Waals surface area (Å²) in [6.45, 7) is 0.204. The minimum Gasteiger partial charge on any atom is -0.346 e. The van der Waals surface area contributed by atoms with Gasteiger partial charge >= 0.3 is 0 Å². The number of hydrogen-bond acceptors (Lipinski definition) is 3. The Labute approximate surface area is 161 Å². The van der Waals surface area contributed by atoms with E-state index in [9.17, 15) is 13.6 Å². The highest BCUT2D eigenvalue weighted by Gasteiger charge is 2.22. The van der Waals surface area contributed by atoms with Crippen molar-refractivity contribution in [3.63, 3.8) is 0 Å². The molecule has 1 amide bonds. The van der Waals surface area contributed by atoms with Crippen molar-refractivity contribution < 1.29 is 13.6 Å². The minimum absolute atomic E-state index is 0.0727. The zero-order valence-electron chi connectivity index (χ0n) is 15.2. The van der Waals surface area contributed by atoms with Gasteiger partial charge in [-0.3, -0.25) is 14.5 Å². The van der Waals surface area contributed by atoms with E-state index >= 15 is 0 Å². The third kappa shape index (κ3) is 3.78. The molecular formula is C21H20F2N4O. The Hall–Kier alpha value is -3.09. The molecule has 0 saturated heterocycles. The second-order valence-electron chi connectivity index (χ2n) is 6.95. The van der Waals surface area contributed by atoms with Gasteiger partial charge in [0.1, 0.15) is 0 Å². The van der Waals surface area contributed by atoms with Gasteiger partial charge in [-0.25, -0.2) is 8.78 Å². The summed E-state index contributed by atoms with van der Waals surface area (Å²) < 4.78 is 28.4. The first kappa shape index (κ1) is 18.3. The van der Waals surface area contributed by atoms with Crippen molar-refractivity contribution in [2.45, 2.75) is 38.3 Å². The molecule has 2 heterocycles. The lowest BCUT2D eigenvalue weighted by Crippen LogP contribution is -2.23. The van der Waals surface area contributed by atoms with Crippen molar-refractivity contribution in [3.8, 4) is 11.3 Å². The summed E-state index contributed by atoms with van der Waals surface area (Å²) in [5.41, 5.74) is 2.80. The molecule has 7 heteroatoms. The third-order valence-corrected chi connectivity index (χ3v) is 5.04. The van der Waals surface area contributed by atoms with Crippen molar-refractivity contribution in [2.75, 3.05) is 0 Å². The van der Waals surface area contributed by atoms with E-state index in [-0.39, 0.29) is 12.1 Å². The average molecular weight is 382 g/mol. The first-order chi connectivity index (χ1) is 13.6. The second kappa shape index (κ2) is 7.88. The van der Waals surface area contributed by atoms with Gasteiger partial charge in [-0.1, -0.05) is 12.8 Å². The van der Waals surface area contributed by atoms with Crippen LogP contribution in [0.15, 0.2) is 48.8 Å². The van der Waals surface area contributed by atoms with Crippen LogP contribution in [-0.2, 0) is 6.54 Å². The Balaban J connectivity index is 1.54. The standard InChI is InChI=1S/C21H20F2N4O/c22-18-6-5-15(11-19(18)23)21(28)25-13-16-12-20(14-7-9-24-10-8-14)27(26-16)17-3-1-2-4-17/h5-12,17H,1-4,13H2,(H,25,28). The Bertz CT molecular complexity index is 981. The number of halogens is 2. The molecule has 0 radical (unpaired) electrons. The van der Waals surface area contributed by atoms with E-state index in [0.717, 1.165) is 41.9 Å². The zero-order valence-corrected chi connectivity index (χ0v) is 15.2. The van der Waals surface area contributed by atoms with Gasteiger partial charge in [-0.2, -0.15) is 5.10 Å². The fourth-order valence-corrected chi connectivity index (χ4v) is 3.61. The zero-order chi connectivity index (χ0) is 19.5. The van der Waals surface area contributed by atoms with Crippen molar-refractivity contribution in [1.29, 1.82) is 0 Å². The number of carbonyl (C=O) groups is 1. The van der Waals surface area contributed by atoms with Crippen LogP contribution in [-0.4, -0.2) is 20.7 Å². The largest absolute Gasteiger partial charge is 0.346 e. The van der Waals surface area contributed by atoms with Gasteiger partial charge in [0.15, 0.2) is 11.6 Å². The van der Waals surface area contributed by atoms with E-state index in [0.29, 0.717) is 6.04 Å². The summed E-state index contributed by atoms with van der Waals surface area (Å²) in [6, 6.07) is 9.27. The van der Waals surface area contributed by atoms with Crippen molar-refractivity contribution in [3.05, 3.63) is 71.7 Å². The van der Waals surface area contributed by atoms with Crippen LogP contribution in [0.25, 0.3) is 11.3 Å². The van der Waals surface area contributed by atoms with E-state index in [1.54, 1.807) is 12.4 Å². The van der Waals surface area contributed by atoms with Gasteiger partial charge < -0.3 is 5.32 Å². The predicted molar refractivity (Wildman–Crippen MR) is 100 cm³/mol. The van der Waals surface area contributed by atoms with Gasteiger partial charge in [0, 0.05) is 23.5 Å². The molecule has 0 unspecified atom stereocenters. The molecule has 144 valence electrons. The molecule has 0 aliphatic heterocycles. The van der Waals surface area contributed by atoms with Crippen LogP contribution in [0.3, 0.4) is 0 Å². The maximum absolute atomic E-state index is 13.3. The Morgan fingerprint density at radius 3 is 2.54 bits per heavy atom. The molecule has 1 saturated carbocycles. The molecule has 3 aromatic rings. The summed E-state index contributed by atoms with van der Waals surface area (Å²) in [7, 11) is 0. The first-order valence-electron chi connectivity index (χ1n) is 9.34. The molecule has 0 bridgehead atoms. The third-order valence-electron chi connectivity index (χ3n) is 5.04. The summed E-state index contributed by atoms with van der Waals surface area (Å²) in [5, 5.41) is 7.44. The number of nitrogens with zero attached hydrogens (tertiary/aromatic N) is 3. The summed E-state index contributed by atoms with van der Waals surface area (Å²) in [5.74, 6) is -2.49. The van der Waals surface area contributed by atoms with Crippen molar-refractivity contribution in [2.24, 2.45) is 0 Å². The van der Waals surface area contributed by atoms with Gasteiger partial charge in [0.05, 0.1) is 24.0 Å². The number of hydrogen-bond donors (Lipinski definition) is 1. The molecule has 4 rings (SSSR count). The summed E-state index contributed by atoms with van der Waals surface area (Å²) in [4.78, 5) is 16.3. The van der Waals surface area contributed by atoms with Crippen molar-refractivity contribution in [1.82, 2.24) is 20.1 Å². The van der Waals surface area contributed by atoms with E-state index in [4.69, 9.17) is 5.10 Å². The van der Waals surface area contributed by atoms with Gasteiger partial charge in [-0.15, -0.1) is 0 Å². The van der Waals surface area contributed by atoms with Crippen LogP contribution < -0.4 is 5.32 Å². The fourth-order valence-electron chi connectivity index (χ4n) is 3.61. The average Bonchev–Trinajstić information content (AvgIpc) is 3.38. The minimum atomic E-state index is -1.04. The van der Waals surface area contributed by atoms with E-state index in [2.05, 4.69) is 10.3 Å². The lowest BCUT2D eigenvalue weighted by Gasteiger charge is -2.14. The number of amides is 1. The van der Waals surface area contributed by atoms with Crippen LogP contribution in [0.4, 0.5) is 8.78 Å². The molecule has 1 fully saturated rings. The van der Waals surface area contributed by atoms with E-state index in [1.807, 2.05) is 22.9 Å². The predicted octanol–water partition coefficient (Wildman–Crippen LogP) is 4.27. The van der Waals surface area contributed by atoms with Crippen LogP contribution in [0.1, 0.15) is 47.8 Å². The van der Waals surface area contributed by atoms with Crippen molar-refractivity contribution >= 4 is 5.91 Å². The van der Waals surface area contributed by atoms with Crippen LogP contribution in [0.2, 0.25) is 0 Å². The molecule has 0 spiro atoms. The monoisotopic (exact) mass is 382 g/mol. The fraction of sp³-hybridized carbons (Fsp3) is 0.286. The molecule has 1 aromatic carbocycles. The number of rotatable bonds is 5. The van der Waals surface area contributed by atoms with Crippen LogP contribution in [0.5, 0.6) is 0 Å². The molecule has 0 atom stereocenters. The highest BCUT2D eigenvalue weighted by molar-refractivity contribution is 5.94. The molecular weight excluding hydrogens is 362 g/mol. The van der Waals surface area contributed by atoms with Gasteiger partial charge in [0.2, 0.25) is 0 Å².